The predicted molar refractivity (Wildman–Crippen MR) is 61.8 cm³/mol. The minimum absolute atomic E-state index is 0.113. The molecule has 0 spiro atoms. The van der Waals surface area contributed by atoms with E-state index in [2.05, 4.69) is 10.1 Å². The van der Waals surface area contributed by atoms with Crippen LogP contribution in [0.3, 0.4) is 0 Å². The van der Waals surface area contributed by atoms with Gasteiger partial charge in [0.05, 0.1) is 11.5 Å². The average Bonchev–Trinajstić information content (AvgIpc) is 2.82. The van der Waals surface area contributed by atoms with Gasteiger partial charge >= 0.3 is 0 Å². The summed E-state index contributed by atoms with van der Waals surface area (Å²) in [5.41, 5.74) is 0.332. The predicted octanol–water partition coefficient (Wildman–Crippen LogP) is -0.0753. The molecule has 2 aromatic rings. The summed E-state index contributed by atoms with van der Waals surface area (Å²) in [6.07, 6.45) is 0.566. The fraction of sp³-hybridized carbons (Fsp3) is 0.400. The first-order valence-corrected chi connectivity index (χ1v) is 7.15. The van der Waals surface area contributed by atoms with Crippen molar-refractivity contribution in [1.29, 1.82) is 0 Å². The highest BCUT2D eigenvalue weighted by Gasteiger charge is 2.31. The number of fused-ring (bicyclic) bond motifs is 1. The van der Waals surface area contributed by atoms with E-state index < -0.39 is 9.84 Å². The molecule has 17 heavy (non-hydrogen) atoms. The minimum Gasteiger partial charge on any atom is -0.276 e. The number of aromatic nitrogens is 3. The van der Waals surface area contributed by atoms with Crippen molar-refractivity contribution < 1.29 is 8.42 Å². The molecule has 6 nitrogen and oxygen atoms in total. The number of aromatic amines is 1. The lowest BCUT2D eigenvalue weighted by atomic mass is 10.1. The van der Waals surface area contributed by atoms with Gasteiger partial charge in [-0.3, -0.25) is 9.89 Å². The Morgan fingerprint density at radius 3 is 2.88 bits per heavy atom. The molecule has 1 aliphatic rings. The molecule has 1 N–H and O–H groups in total. The highest BCUT2D eigenvalue weighted by molar-refractivity contribution is 7.91. The van der Waals surface area contributed by atoms with Crippen molar-refractivity contribution in [1.82, 2.24) is 14.6 Å². The lowest BCUT2D eigenvalue weighted by Crippen LogP contribution is -2.12. The lowest BCUT2D eigenvalue weighted by molar-refractivity contribution is 0.601. The van der Waals surface area contributed by atoms with Crippen molar-refractivity contribution in [3.63, 3.8) is 0 Å². The molecule has 3 rings (SSSR count). The van der Waals surface area contributed by atoms with E-state index in [1.807, 2.05) is 0 Å². The van der Waals surface area contributed by atoms with Gasteiger partial charge < -0.3 is 0 Å². The van der Waals surface area contributed by atoms with Crippen molar-refractivity contribution in [2.24, 2.45) is 0 Å². The maximum Gasteiger partial charge on any atom is 0.271 e. The van der Waals surface area contributed by atoms with Gasteiger partial charge in [-0.2, -0.15) is 0 Å². The van der Waals surface area contributed by atoms with E-state index in [1.165, 1.54) is 10.6 Å². The third-order valence-corrected chi connectivity index (χ3v) is 4.78. The Labute approximate surface area is 97.2 Å². The molecule has 7 heteroatoms. The summed E-state index contributed by atoms with van der Waals surface area (Å²) < 4.78 is 24.1. The Kier molecular flexibility index (Phi) is 2.12. The van der Waals surface area contributed by atoms with Gasteiger partial charge in [0.1, 0.15) is 5.82 Å². The second-order valence-corrected chi connectivity index (χ2v) is 6.50. The zero-order chi connectivity index (χ0) is 12.0. The Morgan fingerprint density at radius 1 is 1.41 bits per heavy atom. The molecule has 0 aromatic carbocycles. The molecule has 0 saturated carbocycles. The zero-order valence-electron chi connectivity index (χ0n) is 8.96. The van der Waals surface area contributed by atoms with E-state index in [4.69, 9.17) is 0 Å². The molecule has 0 bridgehead atoms. The number of H-pyrrole nitrogens is 1. The van der Waals surface area contributed by atoms with Gasteiger partial charge in [-0.1, -0.05) is 6.07 Å². The standard InChI is InChI=1S/C10H11N3O3S/c14-9-3-1-2-8-11-10(12-13(8)9)7-4-5-17(15,16)6-7/h1-3,7H,4-6H2,(H,11,12). The third-order valence-electron chi connectivity index (χ3n) is 3.01. The van der Waals surface area contributed by atoms with E-state index in [-0.39, 0.29) is 23.0 Å². The van der Waals surface area contributed by atoms with Crippen LogP contribution < -0.4 is 5.56 Å². The van der Waals surface area contributed by atoms with E-state index in [0.717, 1.165) is 0 Å². The van der Waals surface area contributed by atoms with Crippen molar-refractivity contribution in [2.75, 3.05) is 11.5 Å². The Morgan fingerprint density at radius 2 is 2.24 bits per heavy atom. The molecule has 0 aliphatic carbocycles. The van der Waals surface area contributed by atoms with Crippen LogP contribution in [0.5, 0.6) is 0 Å². The van der Waals surface area contributed by atoms with Crippen LogP contribution in [0, 0.1) is 0 Å². The van der Waals surface area contributed by atoms with Gasteiger partial charge in [-0.05, 0) is 12.5 Å². The number of rotatable bonds is 1. The van der Waals surface area contributed by atoms with Crippen LogP contribution in [-0.2, 0) is 9.84 Å². The lowest BCUT2D eigenvalue weighted by Gasteiger charge is -2.00. The summed E-state index contributed by atoms with van der Waals surface area (Å²) in [7, 11) is -2.94. The van der Waals surface area contributed by atoms with Crippen LogP contribution in [0.2, 0.25) is 0 Å². The van der Waals surface area contributed by atoms with Crippen molar-refractivity contribution in [3.8, 4) is 0 Å². The van der Waals surface area contributed by atoms with Crippen LogP contribution in [0.4, 0.5) is 0 Å². The smallest absolute Gasteiger partial charge is 0.271 e. The molecule has 0 radical (unpaired) electrons. The number of pyridine rings is 1. The van der Waals surface area contributed by atoms with Crippen LogP contribution in [0.25, 0.3) is 5.65 Å². The topological polar surface area (TPSA) is 84.3 Å². The number of sulfone groups is 1. The van der Waals surface area contributed by atoms with Gasteiger partial charge in [0.2, 0.25) is 0 Å². The summed E-state index contributed by atoms with van der Waals surface area (Å²) in [6.45, 7) is 0. The first-order valence-electron chi connectivity index (χ1n) is 5.33. The normalized spacial score (nSPS) is 23.2. The summed E-state index contributed by atoms with van der Waals surface area (Å²) in [5, 5.41) is 2.87. The molecule has 1 atom stereocenters. The van der Waals surface area contributed by atoms with E-state index in [0.29, 0.717) is 17.9 Å². The molecule has 3 heterocycles. The van der Waals surface area contributed by atoms with Gasteiger partial charge in [0.15, 0.2) is 15.5 Å². The SMILES string of the molecule is O=c1cccc2nc(C3CCS(=O)(=O)C3)[nH]n12. The summed E-state index contributed by atoms with van der Waals surface area (Å²) in [6, 6.07) is 4.78. The summed E-state index contributed by atoms with van der Waals surface area (Å²) >= 11 is 0. The van der Waals surface area contributed by atoms with E-state index in [9.17, 15) is 13.2 Å². The monoisotopic (exact) mass is 253 g/mol. The fourth-order valence-corrected chi connectivity index (χ4v) is 3.88. The number of nitrogens with zero attached hydrogens (tertiary/aromatic N) is 2. The average molecular weight is 253 g/mol. The molecule has 1 aliphatic heterocycles. The van der Waals surface area contributed by atoms with Crippen molar-refractivity contribution in [2.45, 2.75) is 12.3 Å². The van der Waals surface area contributed by atoms with Gasteiger partial charge in [-0.15, -0.1) is 0 Å². The molecule has 1 unspecified atom stereocenters. The second kappa shape index (κ2) is 3.43. The summed E-state index contributed by atoms with van der Waals surface area (Å²) in [5.74, 6) is 0.763. The van der Waals surface area contributed by atoms with Gasteiger partial charge in [0.25, 0.3) is 5.56 Å². The molecular formula is C10H11N3O3S. The maximum atomic E-state index is 11.5. The van der Waals surface area contributed by atoms with Crippen LogP contribution in [-0.4, -0.2) is 34.5 Å². The Balaban J connectivity index is 2.08. The maximum absolute atomic E-state index is 11.5. The molecule has 0 amide bonds. The van der Waals surface area contributed by atoms with Crippen molar-refractivity contribution >= 4 is 15.5 Å². The largest absolute Gasteiger partial charge is 0.276 e. The summed E-state index contributed by atoms with van der Waals surface area (Å²) in [4.78, 5) is 15.8. The van der Waals surface area contributed by atoms with Crippen molar-refractivity contribution in [3.05, 3.63) is 34.4 Å². The first-order chi connectivity index (χ1) is 8.05. The number of hydrogen-bond donors (Lipinski definition) is 1. The van der Waals surface area contributed by atoms with Crippen LogP contribution in [0.1, 0.15) is 18.2 Å². The molecule has 2 aromatic heterocycles. The highest BCUT2D eigenvalue weighted by Crippen LogP contribution is 2.26. The molecular weight excluding hydrogens is 242 g/mol. The Bertz CT molecular complexity index is 729. The fourth-order valence-electron chi connectivity index (χ4n) is 2.13. The second-order valence-electron chi connectivity index (χ2n) is 4.27. The number of nitrogens with one attached hydrogen (secondary N) is 1. The highest BCUT2D eigenvalue weighted by atomic mass is 32.2. The molecule has 90 valence electrons. The van der Waals surface area contributed by atoms with Crippen LogP contribution in [0.15, 0.2) is 23.0 Å². The van der Waals surface area contributed by atoms with Gasteiger partial charge in [0, 0.05) is 12.0 Å². The number of hydrogen-bond acceptors (Lipinski definition) is 4. The minimum atomic E-state index is -2.94. The van der Waals surface area contributed by atoms with E-state index >= 15 is 0 Å². The Hall–Kier alpha value is -1.63. The molecule has 1 fully saturated rings. The van der Waals surface area contributed by atoms with Gasteiger partial charge in [-0.25, -0.2) is 17.9 Å². The third kappa shape index (κ3) is 1.76. The zero-order valence-corrected chi connectivity index (χ0v) is 9.77. The van der Waals surface area contributed by atoms with E-state index in [1.54, 1.807) is 12.1 Å². The van der Waals surface area contributed by atoms with Crippen LogP contribution >= 0.6 is 0 Å². The quantitative estimate of drug-likeness (QED) is 0.770. The molecule has 1 saturated heterocycles. The first kappa shape index (κ1) is 10.5.